The van der Waals surface area contributed by atoms with Gasteiger partial charge in [0.1, 0.15) is 12.6 Å². The number of carbonyl (C=O) groups excluding carboxylic acids is 2. The summed E-state index contributed by atoms with van der Waals surface area (Å²) in [6.45, 7) is -0.343. The highest BCUT2D eigenvalue weighted by Crippen LogP contribution is 1.90. The normalized spacial score (nSPS) is 10.8. The third-order valence-corrected chi connectivity index (χ3v) is 1.55. The number of rotatable bonds is 5. The van der Waals surface area contributed by atoms with Gasteiger partial charge < -0.3 is 20.5 Å². The molecule has 16 heavy (non-hydrogen) atoms. The molecule has 0 fully saturated rings. The van der Waals surface area contributed by atoms with Crippen molar-refractivity contribution in [1.82, 2.24) is 10.6 Å². The van der Waals surface area contributed by atoms with E-state index >= 15 is 0 Å². The molecule has 0 saturated carbocycles. The summed E-state index contributed by atoms with van der Waals surface area (Å²) in [6, 6.07) is -1.98. The molecule has 0 rings (SSSR count). The Morgan fingerprint density at radius 1 is 1.50 bits per heavy atom. The summed E-state index contributed by atoms with van der Waals surface area (Å²) >= 11 is 0. The Morgan fingerprint density at radius 2 is 2.12 bits per heavy atom. The third kappa shape index (κ3) is 5.49. The van der Waals surface area contributed by atoms with Crippen LogP contribution in [0.3, 0.4) is 0 Å². The Morgan fingerprint density at radius 3 is 2.56 bits per heavy atom. The van der Waals surface area contributed by atoms with Crippen LogP contribution in [0, 0.1) is 12.3 Å². The van der Waals surface area contributed by atoms with Crippen LogP contribution in [0.15, 0.2) is 0 Å². The fourth-order valence-electron chi connectivity index (χ4n) is 0.752. The summed E-state index contributed by atoms with van der Waals surface area (Å²) in [4.78, 5) is 32.3. The van der Waals surface area contributed by atoms with Gasteiger partial charge in [-0.15, -0.1) is 12.3 Å². The van der Waals surface area contributed by atoms with E-state index in [1.54, 1.807) is 0 Å². The summed E-state index contributed by atoms with van der Waals surface area (Å²) < 4.78 is 4.27. The molecule has 0 heterocycles. The second-order valence-electron chi connectivity index (χ2n) is 2.70. The summed E-state index contributed by atoms with van der Waals surface area (Å²) in [7, 11) is 1.17. The van der Waals surface area contributed by atoms with Gasteiger partial charge >= 0.3 is 18.0 Å². The zero-order valence-electron chi connectivity index (χ0n) is 8.65. The van der Waals surface area contributed by atoms with E-state index in [-0.39, 0.29) is 13.0 Å². The Labute approximate surface area is 92.2 Å². The lowest BCUT2D eigenvalue weighted by Gasteiger charge is -2.12. The van der Waals surface area contributed by atoms with Crippen LogP contribution in [-0.4, -0.2) is 42.8 Å². The van der Waals surface area contributed by atoms with E-state index < -0.39 is 24.0 Å². The first-order valence-corrected chi connectivity index (χ1v) is 4.28. The molecule has 0 aliphatic rings. The first kappa shape index (κ1) is 13.8. The smallest absolute Gasteiger partial charge is 0.327 e. The van der Waals surface area contributed by atoms with Crippen LogP contribution >= 0.6 is 0 Å². The van der Waals surface area contributed by atoms with E-state index in [0.29, 0.717) is 0 Å². The number of hydrogen-bond donors (Lipinski definition) is 3. The second kappa shape index (κ2) is 7.11. The van der Waals surface area contributed by atoms with Gasteiger partial charge in [-0.3, -0.25) is 4.79 Å². The van der Waals surface area contributed by atoms with Gasteiger partial charge in [0, 0.05) is 6.42 Å². The van der Waals surface area contributed by atoms with Crippen LogP contribution in [0.25, 0.3) is 0 Å². The number of carbonyl (C=O) groups is 3. The maximum absolute atomic E-state index is 11.1. The molecule has 7 heteroatoms. The molecule has 1 atom stereocenters. The van der Waals surface area contributed by atoms with Crippen LogP contribution in [-0.2, 0) is 14.3 Å². The average Bonchev–Trinajstić information content (AvgIpc) is 2.25. The van der Waals surface area contributed by atoms with Crippen molar-refractivity contribution in [2.45, 2.75) is 12.5 Å². The molecule has 88 valence electrons. The quantitative estimate of drug-likeness (QED) is 0.410. The number of urea groups is 1. The number of carboxylic acids is 1. The molecule has 0 aromatic rings. The van der Waals surface area contributed by atoms with Gasteiger partial charge in [-0.25, -0.2) is 9.59 Å². The van der Waals surface area contributed by atoms with Gasteiger partial charge in [-0.05, 0) is 0 Å². The van der Waals surface area contributed by atoms with E-state index in [4.69, 9.17) is 11.5 Å². The standard InChI is InChI=1S/C9H12N2O5/c1-3-4-6(8(13)14)11-9(15)10-5-7(12)16-2/h1,6H,4-5H2,2H3,(H,13,14)(H2,10,11,15). The molecule has 0 aromatic carbocycles. The molecule has 0 bridgehead atoms. The average molecular weight is 228 g/mol. The molecule has 7 nitrogen and oxygen atoms in total. The highest BCUT2D eigenvalue weighted by atomic mass is 16.5. The minimum atomic E-state index is -1.24. The van der Waals surface area contributed by atoms with Gasteiger partial charge in [0.05, 0.1) is 7.11 Å². The predicted molar refractivity (Wildman–Crippen MR) is 53.4 cm³/mol. The Balaban J connectivity index is 4.06. The van der Waals surface area contributed by atoms with Crippen LogP contribution in [0.2, 0.25) is 0 Å². The number of esters is 1. The van der Waals surface area contributed by atoms with Crippen LogP contribution in [0.1, 0.15) is 6.42 Å². The van der Waals surface area contributed by atoms with Gasteiger partial charge in [0.2, 0.25) is 0 Å². The first-order chi connectivity index (χ1) is 7.51. The first-order valence-electron chi connectivity index (χ1n) is 4.28. The molecule has 0 aliphatic carbocycles. The summed E-state index contributed by atoms with van der Waals surface area (Å²) in [5.74, 6) is 0.231. The maximum atomic E-state index is 11.1. The number of nitrogens with one attached hydrogen (secondary N) is 2. The zero-order valence-corrected chi connectivity index (χ0v) is 8.65. The number of hydrogen-bond acceptors (Lipinski definition) is 4. The number of terminal acetylenes is 1. The minimum Gasteiger partial charge on any atom is -0.480 e. The molecule has 1 unspecified atom stereocenters. The predicted octanol–water partition coefficient (Wildman–Crippen LogP) is -1.06. The third-order valence-electron chi connectivity index (χ3n) is 1.55. The van der Waals surface area contributed by atoms with Gasteiger partial charge in [0.15, 0.2) is 0 Å². The lowest BCUT2D eigenvalue weighted by atomic mass is 10.2. The largest absolute Gasteiger partial charge is 0.480 e. The van der Waals surface area contributed by atoms with Crippen molar-refractivity contribution in [3.63, 3.8) is 0 Å². The van der Waals surface area contributed by atoms with E-state index in [0.717, 1.165) is 0 Å². The lowest BCUT2D eigenvalue weighted by Crippen LogP contribution is -2.47. The Bertz CT molecular complexity index is 320. The monoisotopic (exact) mass is 228 g/mol. The number of aliphatic carboxylic acids is 1. The van der Waals surface area contributed by atoms with Crippen molar-refractivity contribution >= 4 is 18.0 Å². The number of amides is 2. The van der Waals surface area contributed by atoms with Crippen molar-refractivity contribution in [3.8, 4) is 12.3 Å². The number of carboxylic acid groups (broad SMARTS) is 1. The Kier molecular flexibility index (Phi) is 6.12. The number of ether oxygens (including phenoxy) is 1. The minimum absolute atomic E-state index is 0.138. The summed E-state index contributed by atoms with van der Waals surface area (Å²) in [6.07, 6.45) is 4.79. The van der Waals surface area contributed by atoms with Crippen molar-refractivity contribution in [2.24, 2.45) is 0 Å². The highest BCUT2D eigenvalue weighted by molar-refractivity contribution is 5.85. The fourth-order valence-corrected chi connectivity index (χ4v) is 0.752. The number of methoxy groups -OCH3 is 1. The molecule has 2 amide bonds. The molecule has 0 spiro atoms. The highest BCUT2D eigenvalue weighted by Gasteiger charge is 2.18. The van der Waals surface area contributed by atoms with Crippen molar-refractivity contribution in [2.75, 3.05) is 13.7 Å². The summed E-state index contributed by atoms with van der Waals surface area (Å²) in [5.41, 5.74) is 0. The molecule has 0 aromatic heterocycles. The molecular weight excluding hydrogens is 216 g/mol. The van der Waals surface area contributed by atoms with Gasteiger partial charge in [-0.2, -0.15) is 0 Å². The van der Waals surface area contributed by atoms with Crippen LogP contribution in [0.5, 0.6) is 0 Å². The van der Waals surface area contributed by atoms with E-state index in [1.807, 2.05) is 0 Å². The van der Waals surface area contributed by atoms with Crippen LogP contribution < -0.4 is 10.6 Å². The van der Waals surface area contributed by atoms with Crippen molar-refractivity contribution in [1.29, 1.82) is 0 Å². The molecule has 3 N–H and O–H groups in total. The van der Waals surface area contributed by atoms with Gasteiger partial charge in [-0.1, -0.05) is 0 Å². The Hall–Kier alpha value is -2.23. The second-order valence-corrected chi connectivity index (χ2v) is 2.70. The van der Waals surface area contributed by atoms with Crippen molar-refractivity contribution < 1.29 is 24.2 Å². The molecule has 0 radical (unpaired) electrons. The SMILES string of the molecule is C#CCC(NC(=O)NCC(=O)OC)C(=O)O. The van der Waals surface area contributed by atoms with E-state index in [1.165, 1.54) is 7.11 Å². The molecular formula is C9H12N2O5. The molecule has 0 aliphatic heterocycles. The van der Waals surface area contributed by atoms with Gasteiger partial charge in [0.25, 0.3) is 0 Å². The maximum Gasteiger partial charge on any atom is 0.327 e. The van der Waals surface area contributed by atoms with Crippen molar-refractivity contribution in [3.05, 3.63) is 0 Å². The summed E-state index contributed by atoms with van der Waals surface area (Å²) in [5, 5.41) is 12.9. The topological polar surface area (TPSA) is 105 Å². The van der Waals surface area contributed by atoms with Crippen LogP contribution in [0.4, 0.5) is 4.79 Å². The molecule has 0 saturated heterocycles. The fraction of sp³-hybridized carbons (Fsp3) is 0.444. The lowest BCUT2D eigenvalue weighted by molar-refractivity contribution is -0.139. The van der Waals surface area contributed by atoms with E-state index in [9.17, 15) is 14.4 Å². The zero-order chi connectivity index (χ0) is 12.6. The van der Waals surface area contributed by atoms with E-state index in [2.05, 4.69) is 21.3 Å².